The van der Waals surface area contributed by atoms with Gasteiger partial charge in [0, 0.05) is 12.6 Å². The molecule has 0 aromatic rings. The third kappa shape index (κ3) is 4.91. The van der Waals surface area contributed by atoms with E-state index in [0.717, 1.165) is 25.8 Å². The van der Waals surface area contributed by atoms with E-state index >= 15 is 0 Å². The zero-order valence-corrected chi connectivity index (χ0v) is 10.2. The molecule has 1 aliphatic rings. The average Bonchev–Trinajstić information content (AvgIpc) is 2.69. The number of ether oxygens (including phenoxy) is 1. The Morgan fingerprint density at radius 1 is 1.56 bits per heavy atom. The summed E-state index contributed by atoms with van der Waals surface area (Å²) < 4.78 is 29.4. The Morgan fingerprint density at radius 2 is 2.31 bits per heavy atom. The summed E-state index contributed by atoms with van der Waals surface area (Å²) >= 11 is 0. The third-order valence-electron chi connectivity index (χ3n) is 2.51. The third-order valence-corrected chi connectivity index (χ3v) is 3.77. The first-order valence-electron chi connectivity index (χ1n) is 5.31. The molecule has 7 heteroatoms. The number of carbonyl (C=O) groups is 1. The Hall–Kier alpha value is -0.660. The van der Waals surface area contributed by atoms with Gasteiger partial charge in [0.2, 0.25) is 10.0 Å². The fourth-order valence-electron chi connectivity index (χ4n) is 1.66. The molecule has 94 valence electrons. The highest BCUT2D eigenvalue weighted by Gasteiger charge is 2.18. The van der Waals surface area contributed by atoms with Crippen LogP contribution in [0, 0.1) is 0 Å². The van der Waals surface area contributed by atoms with Crippen LogP contribution in [0.2, 0.25) is 0 Å². The van der Waals surface area contributed by atoms with E-state index in [9.17, 15) is 13.2 Å². The second-order valence-electron chi connectivity index (χ2n) is 3.81. The first-order valence-corrected chi connectivity index (χ1v) is 6.96. The zero-order chi connectivity index (χ0) is 12.0. The van der Waals surface area contributed by atoms with Crippen LogP contribution in [0.5, 0.6) is 0 Å². The van der Waals surface area contributed by atoms with E-state index in [1.165, 1.54) is 7.11 Å². The average molecular weight is 250 g/mol. The van der Waals surface area contributed by atoms with Gasteiger partial charge in [-0.3, -0.25) is 4.79 Å². The van der Waals surface area contributed by atoms with Gasteiger partial charge in [-0.25, -0.2) is 13.1 Å². The molecule has 1 fully saturated rings. The van der Waals surface area contributed by atoms with Crippen LogP contribution in [0.15, 0.2) is 0 Å². The Kier molecular flexibility index (Phi) is 5.17. The minimum absolute atomic E-state index is 0.358. The normalized spacial score (nSPS) is 20.9. The molecule has 0 aromatic heterocycles. The van der Waals surface area contributed by atoms with Gasteiger partial charge in [0.25, 0.3) is 0 Å². The van der Waals surface area contributed by atoms with E-state index in [1.54, 1.807) is 0 Å². The van der Waals surface area contributed by atoms with Crippen LogP contribution in [0.1, 0.15) is 19.3 Å². The quantitative estimate of drug-likeness (QED) is 0.604. The second kappa shape index (κ2) is 6.17. The SMILES string of the molecule is COC(=O)CS(=O)(=O)NCC[C@@H]1CCCN1. The number of hydrogen-bond acceptors (Lipinski definition) is 5. The second-order valence-corrected chi connectivity index (χ2v) is 5.62. The first kappa shape index (κ1) is 13.4. The maximum Gasteiger partial charge on any atom is 0.322 e. The lowest BCUT2D eigenvalue weighted by molar-refractivity contribution is -0.137. The van der Waals surface area contributed by atoms with Gasteiger partial charge in [0.1, 0.15) is 0 Å². The van der Waals surface area contributed by atoms with Crippen LogP contribution in [0.4, 0.5) is 0 Å². The summed E-state index contributed by atoms with van der Waals surface area (Å²) in [5, 5.41) is 3.27. The van der Waals surface area contributed by atoms with Crippen molar-refractivity contribution in [2.45, 2.75) is 25.3 Å². The van der Waals surface area contributed by atoms with E-state index in [0.29, 0.717) is 12.6 Å². The van der Waals surface area contributed by atoms with Gasteiger partial charge in [0.15, 0.2) is 5.75 Å². The van der Waals surface area contributed by atoms with Crippen molar-refractivity contribution in [1.82, 2.24) is 10.0 Å². The molecule has 0 amide bonds. The largest absolute Gasteiger partial charge is 0.468 e. The Morgan fingerprint density at radius 3 is 2.88 bits per heavy atom. The summed E-state index contributed by atoms with van der Waals surface area (Å²) in [5.41, 5.74) is 0. The van der Waals surface area contributed by atoms with Gasteiger partial charge < -0.3 is 10.1 Å². The number of rotatable bonds is 6. The highest BCUT2D eigenvalue weighted by molar-refractivity contribution is 7.90. The van der Waals surface area contributed by atoms with Gasteiger partial charge in [-0.2, -0.15) is 0 Å². The predicted octanol–water partition coefficient (Wildman–Crippen LogP) is -0.779. The van der Waals surface area contributed by atoms with Gasteiger partial charge in [-0.15, -0.1) is 0 Å². The van der Waals surface area contributed by atoms with Crippen molar-refractivity contribution in [3.8, 4) is 0 Å². The summed E-state index contributed by atoms with van der Waals surface area (Å²) in [4.78, 5) is 10.8. The van der Waals surface area contributed by atoms with Gasteiger partial charge in [0.05, 0.1) is 7.11 Å². The fourth-order valence-corrected chi connectivity index (χ4v) is 2.62. The molecule has 0 spiro atoms. The van der Waals surface area contributed by atoms with Crippen molar-refractivity contribution in [3.05, 3.63) is 0 Å². The first-order chi connectivity index (χ1) is 7.53. The van der Waals surface area contributed by atoms with E-state index in [4.69, 9.17) is 0 Å². The zero-order valence-electron chi connectivity index (χ0n) is 9.36. The van der Waals surface area contributed by atoms with Crippen molar-refractivity contribution in [2.75, 3.05) is 26.0 Å². The minimum Gasteiger partial charge on any atom is -0.468 e. The molecule has 1 atom stereocenters. The van der Waals surface area contributed by atoms with E-state index < -0.39 is 21.7 Å². The van der Waals surface area contributed by atoms with Crippen LogP contribution in [-0.4, -0.2) is 46.4 Å². The van der Waals surface area contributed by atoms with Crippen molar-refractivity contribution < 1.29 is 17.9 Å². The molecule has 16 heavy (non-hydrogen) atoms. The van der Waals surface area contributed by atoms with E-state index in [1.807, 2.05) is 0 Å². The predicted molar refractivity (Wildman–Crippen MR) is 59.4 cm³/mol. The number of esters is 1. The monoisotopic (exact) mass is 250 g/mol. The highest BCUT2D eigenvalue weighted by Crippen LogP contribution is 2.07. The number of sulfonamides is 1. The molecule has 0 radical (unpaired) electrons. The fraction of sp³-hybridized carbons (Fsp3) is 0.889. The lowest BCUT2D eigenvalue weighted by atomic mass is 10.2. The Labute approximate surface area is 95.8 Å². The molecule has 0 aliphatic carbocycles. The van der Waals surface area contributed by atoms with E-state index in [-0.39, 0.29) is 0 Å². The van der Waals surface area contributed by atoms with Gasteiger partial charge in [-0.05, 0) is 25.8 Å². The molecule has 1 rings (SSSR count). The number of methoxy groups -OCH3 is 1. The molecule has 6 nitrogen and oxygen atoms in total. The van der Waals surface area contributed by atoms with Gasteiger partial charge >= 0.3 is 5.97 Å². The molecule has 0 aromatic carbocycles. The summed E-state index contributed by atoms with van der Waals surface area (Å²) in [6, 6.07) is 0.390. The summed E-state index contributed by atoms with van der Waals surface area (Å²) in [6.45, 7) is 1.36. The smallest absolute Gasteiger partial charge is 0.322 e. The molecule has 1 saturated heterocycles. The number of nitrogens with one attached hydrogen (secondary N) is 2. The Bertz CT molecular complexity index is 322. The summed E-state index contributed by atoms with van der Waals surface area (Å²) in [5.74, 6) is -1.35. The van der Waals surface area contributed by atoms with E-state index in [2.05, 4.69) is 14.8 Å². The van der Waals surface area contributed by atoms with Crippen molar-refractivity contribution in [3.63, 3.8) is 0 Å². The van der Waals surface area contributed by atoms with Crippen molar-refractivity contribution >= 4 is 16.0 Å². The van der Waals surface area contributed by atoms with Crippen molar-refractivity contribution in [1.29, 1.82) is 0 Å². The molecular formula is C9H18N2O4S. The summed E-state index contributed by atoms with van der Waals surface area (Å²) in [7, 11) is -2.37. The van der Waals surface area contributed by atoms with Crippen LogP contribution < -0.4 is 10.0 Å². The molecule has 1 heterocycles. The molecular weight excluding hydrogens is 232 g/mol. The van der Waals surface area contributed by atoms with Crippen LogP contribution >= 0.6 is 0 Å². The molecule has 2 N–H and O–H groups in total. The van der Waals surface area contributed by atoms with Crippen LogP contribution in [-0.2, 0) is 19.6 Å². The highest BCUT2D eigenvalue weighted by atomic mass is 32.2. The lowest BCUT2D eigenvalue weighted by Gasteiger charge is -2.10. The lowest BCUT2D eigenvalue weighted by Crippen LogP contribution is -2.34. The maximum atomic E-state index is 11.3. The number of hydrogen-bond donors (Lipinski definition) is 2. The standard InChI is InChI=1S/C9H18N2O4S/c1-15-9(12)7-16(13,14)11-6-4-8-3-2-5-10-8/h8,10-11H,2-7H2,1H3/t8-/m0/s1. The topological polar surface area (TPSA) is 84.5 Å². The summed E-state index contributed by atoms with van der Waals surface area (Å²) in [6.07, 6.45) is 2.97. The molecule has 0 bridgehead atoms. The van der Waals surface area contributed by atoms with Gasteiger partial charge in [-0.1, -0.05) is 0 Å². The van der Waals surface area contributed by atoms with Crippen LogP contribution in [0.3, 0.4) is 0 Å². The molecule has 1 aliphatic heterocycles. The van der Waals surface area contributed by atoms with Crippen molar-refractivity contribution in [2.24, 2.45) is 0 Å². The number of carbonyl (C=O) groups excluding carboxylic acids is 1. The minimum atomic E-state index is -3.54. The Balaban J connectivity index is 2.22. The molecule has 0 unspecified atom stereocenters. The molecule has 0 saturated carbocycles. The maximum absolute atomic E-state index is 11.3. The van der Waals surface area contributed by atoms with Crippen LogP contribution in [0.25, 0.3) is 0 Å².